The van der Waals surface area contributed by atoms with E-state index in [2.05, 4.69) is 15.6 Å². The van der Waals surface area contributed by atoms with Crippen LogP contribution < -0.4 is 10.6 Å². The van der Waals surface area contributed by atoms with Gasteiger partial charge in [-0.2, -0.15) is 0 Å². The average molecular weight is 423 g/mol. The van der Waals surface area contributed by atoms with E-state index >= 15 is 0 Å². The molecule has 0 bridgehead atoms. The quantitative estimate of drug-likeness (QED) is 0.360. The smallest absolute Gasteiger partial charge is 0.258 e. The van der Waals surface area contributed by atoms with E-state index in [-0.39, 0.29) is 11.0 Å². The van der Waals surface area contributed by atoms with Crippen LogP contribution in [-0.4, -0.2) is 16.0 Å². The van der Waals surface area contributed by atoms with Crippen LogP contribution in [-0.2, 0) is 0 Å². The Balaban J connectivity index is 1.33. The summed E-state index contributed by atoms with van der Waals surface area (Å²) >= 11 is 5.35. The van der Waals surface area contributed by atoms with Crippen LogP contribution >= 0.6 is 12.2 Å². The van der Waals surface area contributed by atoms with Crippen molar-refractivity contribution in [3.63, 3.8) is 0 Å². The van der Waals surface area contributed by atoms with Gasteiger partial charge in [-0.3, -0.25) is 10.1 Å². The normalized spacial score (nSPS) is 10.8. The first-order valence-corrected chi connectivity index (χ1v) is 10.1. The monoisotopic (exact) mass is 423 g/mol. The van der Waals surface area contributed by atoms with Crippen LogP contribution in [0.25, 0.3) is 33.3 Å². The molecular formula is C25H17N3O2S. The molecule has 1 heterocycles. The van der Waals surface area contributed by atoms with Crippen molar-refractivity contribution in [2.45, 2.75) is 0 Å². The minimum absolute atomic E-state index is 0.212. The fraction of sp³-hybridized carbons (Fsp3) is 0. The van der Waals surface area contributed by atoms with Crippen LogP contribution in [0.5, 0.6) is 0 Å². The number of hydrogen-bond donors (Lipinski definition) is 2. The maximum absolute atomic E-state index is 12.8. The lowest BCUT2D eigenvalue weighted by Gasteiger charge is -2.11. The number of thiocarbonyl (C=S) groups is 1. The Morgan fingerprint density at radius 2 is 1.65 bits per heavy atom. The molecule has 0 aliphatic rings. The first-order valence-electron chi connectivity index (χ1n) is 9.73. The molecule has 31 heavy (non-hydrogen) atoms. The lowest BCUT2D eigenvalue weighted by molar-refractivity contribution is 0.0979. The van der Waals surface area contributed by atoms with Gasteiger partial charge in [0, 0.05) is 16.8 Å². The second-order valence-electron chi connectivity index (χ2n) is 7.00. The maximum Gasteiger partial charge on any atom is 0.258 e. The number of nitrogens with one attached hydrogen (secondary N) is 2. The van der Waals surface area contributed by atoms with Crippen LogP contribution in [0, 0.1) is 0 Å². The molecule has 1 aromatic heterocycles. The third kappa shape index (κ3) is 3.89. The number of benzene rings is 4. The van der Waals surface area contributed by atoms with Gasteiger partial charge in [-0.05, 0) is 59.4 Å². The molecular weight excluding hydrogens is 406 g/mol. The molecule has 5 rings (SSSR count). The molecule has 5 nitrogen and oxygen atoms in total. The third-order valence-corrected chi connectivity index (χ3v) is 5.13. The summed E-state index contributed by atoms with van der Waals surface area (Å²) in [6, 6.07) is 28.6. The number of nitrogens with zero attached hydrogens (tertiary/aromatic N) is 1. The van der Waals surface area contributed by atoms with Crippen molar-refractivity contribution in [3.8, 4) is 11.5 Å². The molecule has 0 fully saturated rings. The van der Waals surface area contributed by atoms with Crippen LogP contribution in [0.1, 0.15) is 10.4 Å². The highest BCUT2D eigenvalue weighted by Crippen LogP contribution is 2.26. The van der Waals surface area contributed by atoms with E-state index in [1.807, 2.05) is 84.9 Å². The maximum atomic E-state index is 12.8. The van der Waals surface area contributed by atoms with E-state index < -0.39 is 0 Å². The van der Waals surface area contributed by atoms with Crippen molar-refractivity contribution in [2.24, 2.45) is 0 Å². The number of carbonyl (C=O) groups excluding carboxylic acids is 1. The van der Waals surface area contributed by atoms with E-state index in [0.717, 1.165) is 16.3 Å². The Bertz CT molecular complexity index is 1420. The molecule has 0 aliphatic carbocycles. The van der Waals surface area contributed by atoms with Gasteiger partial charge in [0.2, 0.25) is 5.89 Å². The van der Waals surface area contributed by atoms with Crippen LogP contribution in [0.3, 0.4) is 0 Å². The molecule has 5 aromatic rings. The molecule has 0 unspecified atom stereocenters. The number of amides is 1. The van der Waals surface area contributed by atoms with Crippen molar-refractivity contribution >= 4 is 50.8 Å². The predicted octanol–water partition coefficient (Wildman–Crippen LogP) is 5.77. The standard InChI is InChI=1S/C25H17N3O2S/c29-23(20-12-6-10-16-7-4-5-11-19(16)20)28-25(31)26-18-13-14-22-21(15-18)27-24(30-22)17-8-2-1-3-9-17/h1-15H,(H2,26,28,29,31). The fourth-order valence-corrected chi connectivity index (χ4v) is 3.68. The summed E-state index contributed by atoms with van der Waals surface area (Å²) in [5.74, 6) is 0.294. The van der Waals surface area contributed by atoms with Gasteiger partial charge in [-0.25, -0.2) is 4.98 Å². The number of fused-ring (bicyclic) bond motifs is 2. The van der Waals surface area contributed by atoms with Crippen LogP contribution in [0.4, 0.5) is 5.69 Å². The number of carbonyl (C=O) groups is 1. The van der Waals surface area contributed by atoms with Crippen molar-refractivity contribution < 1.29 is 9.21 Å². The number of oxazole rings is 1. The third-order valence-electron chi connectivity index (χ3n) is 4.93. The Kier molecular flexibility index (Phi) is 4.90. The SMILES string of the molecule is O=C(NC(=S)Nc1ccc2oc(-c3ccccc3)nc2c1)c1cccc2ccccc12. The summed E-state index contributed by atoms with van der Waals surface area (Å²) in [5.41, 5.74) is 3.57. The zero-order chi connectivity index (χ0) is 21.2. The topological polar surface area (TPSA) is 67.2 Å². The van der Waals surface area contributed by atoms with E-state index in [0.29, 0.717) is 28.2 Å². The van der Waals surface area contributed by atoms with Crippen molar-refractivity contribution in [1.29, 1.82) is 0 Å². The Morgan fingerprint density at radius 1 is 0.871 bits per heavy atom. The Labute approximate surface area is 183 Å². The van der Waals surface area contributed by atoms with Gasteiger partial charge in [0.15, 0.2) is 10.7 Å². The Morgan fingerprint density at radius 3 is 2.52 bits per heavy atom. The minimum Gasteiger partial charge on any atom is -0.436 e. The van der Waals surface area contributed by atoms with Crippen molar-refractivity contribution in [2.75, 3.05) is 5.32 Å². The lowest BCUT2D eigenvalue weighted by Crippen LogP contribution is -2.34. The molecule has 0 saturated carbocycles. The first-order chi connectivity index (χ1) is 15.2. The zero-order valence-electron chi connectivity index (χ0n) is 16.3. The van der Waals surface area contributed by atoms with Gasteiger partial charge in [0.25, 0.3) is 5.91 Å². The van der Waals surface area contributed by atoms with Gasteiger partial charge in [-0.15, -0.1) is 0 Å². The van der Waals surface area contributed by atoms with Gasteiger partial charge in [0.1, 0.15) is 5.52 Å². The van der Waals surface area contributed by atoms with Crippen LogP contribution in [0.2, 0.25) is 0 Å². The molecule has 150 valence electrons. The second kappa shape index (κ2) is 8.01. The van der Waals surface area contributed by atoms with E-state index in [9.17, 15) is 4.79 Å². The summed E-state index contributed by atoms with van der Waals surface area (Å²) in [6.45, 7) is 0. The van der Waals surface area contributed by atoms with Crippen LogP contribution in [0.15, 0.2) is 95.4 Å². The highest BCUT2D eigenvalue weighted by Gasteiger charge is 2.13. The van der Waals surface area contributed by atoms with E-state index in [4.69, 9.17) is 16.6 Å². The largest absolute Gasteiger partial charge is 0.436 e. The summed E-state index contributed by atoms with van der Waals surface area (Å²) in [7, 11) is 0. The van der Waals surface area contributed by atoms with Gasteiger partial charge in [0.05, 0.1) is 0 Å². The molecule has 1 amide bonds. The molecule has 0 aliphatic heterocycles. The number of anilines is 1. The van der Waals surface area contributed by atoms with E-state index in [1.54, 1.807) is 6.07 Å². The number of aromatic nitrogens is 1. The molecule has 0 radical (unpaired) electrons. The average Bonchev–Trinajstić information content (AvgIpc) is 3.22. The molecule has 0 atom stereocenters. The summed E-state index contributed by atoms with van der Waals surface area (Å²) in [5, 5.41) is 7.89. The number of hydrogen-bond acceptors (Lipinski definition) is 4. The molecule has 2 N–H and O–H groups in total. The molecule has 4 aromatic carbocycles. The van der Waals surface area contributed by atoms with Gasteiger partial charge in [-0.1, -0.05) is 54.6 Å². The number of rotatable bonds is 3. The minimum atomic E-state index is -0.261. The highest BCUT2D eigenvalue weighted by atomic mass is 32.1. The van der Waals surface area contributed by atoms with Gasteiger partial charge >= 0.3 is 0 Å². The fourth-order valence-electron chi connectivity index (χ4n) is 3.47. The second-order valence-corrected chi connectivity index (χ2v) is 7.41. The van der Waals surface area contributed by atoms with Crippen molar-refractivity contribution in [3.05, 3.63) is 96.6 Å². The summed E-state index contributed by atoms with van der Waals surface area (Å²) in [4.78, 5) is 17.3. The van der Waals surface area contributed by atoms with Gasteiger partial charge < -0.3 is 9.73 Å². The molecule has 0 saturated heterocycles. The molecule has 0 spiro atoms. The summed E-state index contributed by atoms with van der Waals surface area (Å²) in [6.07, 6.45) is 0. The van der Waals surface area contributed by atoms with E-state index in [1.165, 1.54) is 0 Å². The Hall–Kier alpha value is -4.03. The first kappa shape index (κ1) is 19.0. The molecule has 6 heteroatoms. The predicted molar refractivity (Wildman–Crippen MR) is 127 cm³/mol. The highest BCUT2D eigenvalue weighted by molar-refractivity contribution is 7.80. The lowest BCUT2D eigenvalue weighted by atomic mass is 10.0. The summed E-state index contributed by atoms with van der Waals surface area (Å²) < 4.78 is 5.84. The van der Waals surface area contributed by atoms with Crippen molar-refractivity contribution in [1.82, 2.24) is 10.3 Å². The zero-order valence-corrected chi connectivity index (χ0v) is 17.1.